The maximum Gasteiger partial charge on any atom is 0.411 e. The van der Waals surface area contributed by atoms with Gasteiger partial charge in [0, 0.05) is 19.0 Å². The lowest BCUT2D eigenvalue weighted by Gasteiger charge is -2.26. The summed E-state index contributed by atoms with van der Waals surface area (Å²) in [4.78, 5) is 24.1. The van der Waals surface area contributed by atoms with E-state index in [1.165, 1.54) is 6.08 Å². The maximum atomic E-state index is 11.9. The van der Waals surface area contributed by atoms with Crippen molar-refractivity contribution >= 4 is 12.1 Å². The van der Waals surface area contributed by atoms with E-state index in [-0.39, 0.29) is 13.0 Å². The molecule has 0 aromatic carbocycles. The van der Waals surface area contributed by atoms with E-state index in [0.717, 1.165) is 4.90 Å². The molecule has 0 aliphatic carbocycles. The van der Waals surface area contributed by atoms with Crippen molar-refractivity contribution in [1.29, 1.82) is 5.26 Å². The Hall–Kier alpha value is -2.03. The molecule has 98 valence electrons. The minimum Gasteiger partial charge on any atom is -0.480 e. The molecule has 1 N–H and O–H groups in total. The molecule has 1 aliphatic rings. The van der Waals surface area contributed by atoms with Gasteiger partial charge in [-0.1, -0.05) is 0 Å². The van der Waals surface area contributed by atoms with Gasteiger partial charge in [0.1, 0.15) is 11.6 Å². The molecule has 1 aliphatic heterocycles. The van der Waals surface area contributed by atoms with E-state index in [9.17, 15) is 9.59 Å². The third-order valence-electron chi connectivity index (χ3n) is 2.39. The first-order valence-corrected chi connectivity index (χ1v) is 5.54. The number of amides is 1. The first-order chi connectivity index (χ1) is 8.24. The van der Waals surface area contributed by atoms with Crippen molar-refractivity contribution in [3.63, 3.8) is 0 Å². The van der Waals surface area contributed by atoms with E-state index in [1.807, 2.05) is 6.07 Å². The van der Waals surface area contributed by atoms with Crippen LogP contribution >= 0.6 is 0 Å². The van der Waals surface area contributed by atoms with Crippen LogP contribution in [0.15, 0.2) is 11.6 Å². The van der Waals surface area contributed by atoms with Crippen molar-refractivity contribution in [2.24, 2.45) is 0 Å². The Balaban J connectivity index is 2.86. The molecule has 18 heavy (non-hydrogen) atoms. The molecule has 1 atom stereocenters. The van der Waals surface area contributed by atoms with Gasteiger partial charge in [0.25, 0.3) is 0 Å². The summed E-state index contributed by atoms with van der Waals surface area (Å²) in [5.74, 6) is -1.10. The van der Waals surface area contributed by atoms with Gasteiger partial charge in [-0.2, -0.15) is 5.26 Å². The third-order valence-corrected chi connectivity index (χ3v) is 2.39. The van der Waals surface area contributed by atoms with Crippen LogP contribution in [-0.4, -0.2) is 40.3 Å². The minimum atomic E-state index is -1.10. The van der Waals surface area contributed by atoms with Crippen molar-refractivity contribution in [1.82, 2.24) is 4.90 Å². The number of carbonyl (C=O) groups excluding carboxylic acids is 1. The van der Waals surface area contributed by atoms with Gasteiger partial charge in [-0.3, -0.25) is 4.90 Å². The second-order valence-corrected chi connectivity index (χ2v) is 5.10. The summed E-state index contributed by atoms with van der Waals surface area (Å²) in [7, 11) is 0. The van der Waals surface area contributed by atoms with E-state index in [0.29, 0.717) is 5.57 Å². The Morgan fingerprint density at radius 3 is 2.61 bits per heavy atom. The maximum absolute atomic E-state index is 11.9. The van der Waals surface area contributed by atoms with Crippen LogP contribution in [0.5, 0.6) is 0 Å². The fraction of sp³-hybridized carbons (Fsp3) is 0.583. The predicted molar refractivity (Wildman–Crippen MR) is 62.7 cm³/mol. The normalized spacial score (nSPS) is 21.8. The molecule has 1 amide bonds. The molecule has 1 saturated heterocycles. The summed E-state index contributed by atoms with van der Waals surface area (Å²) in [6.45, 7) is 5.26. The monoisotopic (exact) mass is 252 g/mol. The number of carboxylic acid groups (broad SMARTS) is 1. The number of likely N-dealkylation sites (tertiary alicyclic amines) is 1. The molecule has 0 radical (unpaired) electrons. The first-order valence-electron chi connectivity index (χ1n) is 5.54. The smallest absolute Gasteiger partial charge is 0.411 e. The van der Waals surface area contributed by atoms with Gasteiger partial charge >= 0.3 is 12.1 Å². The van der Waals surface area contributed by atoms with Crippen LogP contribution in [0.3, 0.4) is 0 Å². The van der Waals surface area contributed by atoms with Gasteiger partial charge in [-0.25, -0.2) is 9.59 Å². The van der Waals surface area contributed by atoms with Crippen molar-refractivity contribution < 1.29 is 19.4 Å². The van der Waals surface area contributed by atoms with Gasteiger partial charge < -0.3 is 9.84 Å². The van der Waals surface area contributed by atoms with E-state index in [2.05, 4.69) is 0 Å². The molecule has 0 spiro atoms. The Morgan fingerprint density at radius 1 is 1.56 bits per heavy atom. The van der Waals surface area contributed by atoms with Crippen LogP contribution in [0.2, 0.25) is 0 Å². The topological polar surface area (TPSA) is 90.6 Å². The second-order valence-electron chi connectivity index (χ2n) is 5.10. The third kappa shape index (κ3) is 3.48. The molecule has 0 aromatic rings. The summed E-state index contributed by atoms with van der Waals surface area (Å²) in [5.41, 5.74) is -0.0577. The van der Waals surface area contributed by atoms with Crippen LogP contribution in [0.1, 0.15) is 27.2 Å². The van der Waals surface area contributed by atoms with E-state index < -0.39 is 23.7 Å². The number of nitriles is 1. The summed E-state index contributed by atoms with van der Waals surface area (Å²) in [5, 5.41) is 17.6. The van der Waals surface area contributed by atoms with E-state index in [4.69, 9.17) is 15.1 Å². The lowest BCUT2D eigenvalue weighted by atomic mass is 10.1. The number of carboxylic acids is 1. The highest BCUT2D eigenvalue weighted by atomic mass is 16.6. The summed E-state index contributed by atoms with van der Waals surface area (Å²) < 4.78 is 5.14. The zero-order valence-corrected chi connectivity index (χ0v) is 10.6. The molecule has 0 aromatic heterocycles. The molecule has 1 heterocycles. The summed E-state index contributed by atoms with van der Waals surface area (Å²) >= 11 is 0. The molecule has 6 heteroatoms. The number of hydrogen-bond acceptors (Lipinski definition) is 4. The molecular formula is C12H16N2O4. The number of hydrogen-bond donors (Lipinski definition) is 1. The fourth-order valence-corrected chi connectivity index (χ4v) is 1.68. The van der Waals surface area contributed by atoms with Crippen molar-refractivity contribution in [2.45, 2.75) is 38.8 Å². The van der Waals surface area contributed by atoms with Gasteiger partial charge in [-0.15, -0.1) is 0 Å². The Bertz CT molecular complexity index is 428. The largest absolute Gasteiger partial charge is 0.480 e. The van der Waals surface area contributed by atoms with Crippen LogP contribution in [0.25, 0.3) is 0 Å². The average Bonchev–Trinajstić information content (AvgIpc) is 2.59. The van der Waals surface area contributed by atoms with Gasteiger partial charge in [0.15, 0.2) is 0 Å². The quantitative estimate of drug-likeness (QED) is 0.714. The van der Waals surface area contributed by atoms with Crippen molar-refractivity contribution in [3.8, 4) is 6.07 Å². The lowest BCUT2D eigenvalue weighted by molar-refractivity contribution is -0.142. The zero-order chi connectivity index (χ0) is 13.9. The van der Waals surface area contributed by atoms with Gasteiger partial charge in [0.05, 0.1) is 6.07 Å². The number of ether oxygens (including phenoxy) is 1. The lowest BCUT2D eigenvalue weighted by Crippen LogP contribution is -2.43. The molecular weight excluding hydrogens is 236 g/mol. The highest BCUT2D eigenvalue weighted by molar-refractivity contribution is 5.82. The SMILES string of the molecule is CC(C)(C)OC(=O)N1C/C(=C/C#N)C[C@H]1C(=O)O. The van der Waals surface area contributed by atoms with E-state index in [1.54, 1.807) is 20.8 Å². The van der Waals surface area contributed by atoms with Crippen molar-refractivity contribution in [3.05, 3.63) is 11.6 Å². The molecule has 1 fully saturated rings. The standard InChI is InChI=1S/C12H16N2O4/c1-12(2,3)18-11(17)14-7-8(4-5-13)6-9(14)10(15)16/h4,9H,6-7H2,1-3H3,(H,15,16)/b8-4+/t9-/m0/s1. The molecule has 0 bridgehead atoms. The van der Waals surface area contributed by atoms with Crippen LogP contribution in [0, 0.1) is 11.3 Å². The number of allylic oxidation sites excluding steroid dienone is 1. The molecule has 6 nitrogen and oxygen atoms in total. The number of rotatable bonds is 1. The van der Waals surface area contributed by atoms with Gasteiger partial charge in [0.2, 0.25) is 0 Å². The Labute approximate surface area is 105 Å². The fourth-order valence-electron chi connectivity index (χ4n) is 1.68. The van der Waals surface area contributed by atoms with Gasteiger partial charge in [-0.05, 0) is 26.3 Å². The first kappa shape index (κ1) is 14.0. The Kier molecular flexibility index (Phi) is 3.96. The minimum absolute atomic E-state index is 0.124. The van der Waals surface area contributed by atoms with E-state index >= 15 is 0 Å². The molecule has 1 rings (SSSR count). The highest BCUT2D eigenvalue weighted by Gasteiger charge is 2.38. The van der Waals surface area contributed by atoms with Crippen LogP contribution in [0.4, 0.5) is 4.79 Å². The number of nitrogens with zero attached hydrogens (tertiary/aromatic N) is 2. The zero-order valence-electron chi connectivity index (χ0n) is 10.6. The highest BCUT2D eigenvalue weighted by Crippen LogP contribution is 2.24. The average molecular weight is 252 g/mol. The second kappa shape index (κ2) is 5.08. The molecule has 0 unspecified atom stereocenters. The summed E-state index contributed by atoms with van der Waals surface area (Å²) in [6, 6.07) is 0.884. The summed E-state index contributed by atoms with van der Waals surface area (Å²) in [6.07, 6.45) is 0.777. The number of carbonyl (C=O) groups is 2. The molecule has 0 saturated carbocycles. The van der Waals surface area contributed by atoms with Crippen molar-refractivity contribution in [2.75, 3.05) is 6.54 Å². The Morgan fingerprint density at radius 2 is 2.17 bits per heavy atom. The van der Waals surface area contributed by atoms with Crippen LogP contribution in [-0.2, 0) is 9.53 Å². The van der Waals surface area contributed by atoms with Crippen LogP contribution < -0.4 is 0 Å². The number of aliphatic carboxylic acids is 1. The predicted octanol–water partition coefficient (Wildman–Crippen LogP) is 1.53.